The second-order valence-electron chi connectivity index (χ2n) is 2.90. The van der Waals surface area contributed by atoms with E-state index in [0.717, 1.165) is 5.56 Å². The van der Waals surface area contributed by atoms with Crippen molar-refractivity contribution in [1.29, 1.82) is 0 Å². The van der Waals surface area contributed by atoms with Gasteiger partial charge in [-0.15, -0.1) is 0 Å². The average Bonchev–Trinajstić information content (AvgIpc) is 2.19. The zero-order chi connectivity index (χ0) is 10.6. The van der Waals surface area contributed by atoms with Gasteiger partial charge in [0.25, 0.3) is 5.91 Å². The Balaban J connectivity index is 2.90. The first kappa shape index (κ1) is 10.3. The van der Waals surface area contributed by atoms with Crippen molar-refractivity contribution < 1.29 is 9.90 Å². The molecule has 0 spiro atoms. The zero-order valence-electron chi connectivity index (χ0n) is 7.82. The Kier molecular flexibility index (Phi) is 3.25. The Morgan fingerprint density at radius 1 is 1.57 bits per heavy atom. The number of benzene rings is 1. The third kappa shape index (κ3) is 2.60. The van der Waals surface area contributed by atoms with Crippen LogP contribution in [0.25, 0.3) is 6.08 Å². The standard InChI is InChI=1S/C10H12N2O2/c1-7-2-4-9(13)8(6-7)3-5-10(14)12-11/h2-6,13H,11H2,1H3,(H,12,14)/b5-3+. The topological polar surface area (TPSA) is 75.3 Å². The Morgan fingerprint density at radius 3 is 2.93 bits per heavy atom. The van der Waals surface area contributed by atoms with E-state index in [4.69, 9.17) is 5.84 Å². The lowest BCUT2D eigenvalue weighted by Crippen LogP contribution is -2.27. The fourth-order valence-electron chi connectivity index (χ4n) is 1.02. The summed E-state index contributed by atoms with van der Waals surface area (Å²) >= 11 is 0. The summed E-state index contributed by atoms with van der Waals surface area (Å²) in [6.45, 7) is 1.90. The lowest BCUT2D eigenvalue weighted by molar-refractivity contribution is -0.116. The summed E-state index contributed by atoms with van der Waals surface area (Å²) in [6, 6.07) is 5.14. The minimum Gasteiger partial charge on any atom is -0.507 e. The molecule has 0 aromatic heterocycles. The van der Waals surface area contributed by atoms with Crippen molar-refractivity contribution in [1.82, 2.24) is 5.43 Å². The lowest BCUT2D eigenvalue weighted by atomic mass is 10.1. The molecule has 0 aliphatic heterocycles. The SMILES string of the molecule is Cc1ccc(O)c(/C=C/C(=O)NN)c1. The van der Waals surface area contributed by atoms with Gasteiger partial charge in [0.2, 0.25) is 0 Å². The Labute approximate surface area is 82.0 Å². The van der Waals surface area contributed by atoms with Crippen molar-refractivity contribution in [2.75, 3.05) is 0 Å². The van der Waals surface area contributed by atoms with Crippen LogP contribution in [0.5, 0.6) is 5.75 Å². The van der Waals surface area contributed by atoms with Gasteiger partial charge in [-0.3, -0.25) is 10.2 Å². The number of hydrogen-bond acceptors (Lipinski definition) is 3. The van der Waals surface area contributed by atoms with Gasteiger partial charge in [-0.1, -0.05) is 11.6 Å². The monoisotopic (exact) mass is 192 g/mol. The van der Waals surface area contributed by atoms with Crippen LogP contribution in [-0.2, 0) is 4.79 Å². The van der Waals surface area contributed by atoms with E-state index in [9.17, 15) is 9.90 Å². The van der Waals surface area contributed by atoms with Crippen LogP contribution in [0.1, 0.15) is 11.1 Å². The maximum atomic E-state index is 10.8. The molecule has 0 atom stereocenters. The highest BCUT2D eigenvalue weighted by molar-refractivity contribution is 5.91. The van der Waals surface area contributed by atoms with Crippen LogP contribution in [-0.4, -0.2) is 11.0 Å². The van der Waals surface area contributed by atoms with Gasteiger partial charge >= 0.3 is 0 Å². The number of carbonyl (C=O) groups is 1. The highest BCUT2D eigenvalue weighted by atomic mass is 16.3. The van der Waals surface area contributed by atoms with Gasteiger partial charge in [0, 0.05) is 11.6 Å². The molecule has 1 rings (SSSR count). The first-order valence-corrected chi connectivity index (χ1v) is 4.12. The van der Waals surface area contributed by atoms with Gasteiger partial charge in [-0.25, -0.2) is 5.84 Å². The predicted octanol–water partition coefficient (Wildman–Crippen LogP) is 0.704. The van der Waals surface area contributed by atoms with Crippen LogP contribution in [0, 0.1) is 6.92 Å². The number of carbonyl (C=O) groups excluding carboxylic acids is 1. The number of hydrazine groups is 1. The van der Waals surface area contributed by atoms with Crippen LogP contribution < -0.4 is 11.3 Å². The molecule has 0 heterocycles. The Hall–Kier alpha value is -1.81. The molecule has 0 aliphatic rings. The summed E-state index contributed by atoms with van der Waals surface area (Å²) in [5.41, 5.74) is 3.56. The maximum absolute atomic E-state index is 10.8. The minimum absolute atomic E-state index is 0.136. The van der Waals surface area contributed by atoms with E-state index in [1.54, 1.807) is 18.2 Å². The molecule has 4 N–H and O–H groups in total. The summed E-state index contributed by atoms with van der Waals surface area (Å²) in [7, 11) is 0. The van der Waals surface area contributed by atoms with Gasteiger partial charge < -0.3 is 5.11 Å². The molecule has 1 aromatic rings. The van der Waals surface area contributed by atoms with Crippen LogP contribution in [0.3, 0.4) is 0 Å². The minimum atomic E-state index is -0.411. The highest BCUT2D eigenvalue weighted by Gasteiger charge is 1.97. The van der Waals surface area contributed by atoms with E-state index in [1.807, 2.05) is 12.3 Å². The zero-order valence-corrected chi connectivity index (χ0v) is 7.82. The van der Waals surface area contributed by atoms with E-state index in [2.05, 4.69) is 0 Å². The molecular formula is C10H12N2O2. The number of hydrogen-bond donors (Lipinski definition) is 3. The fourth-order valence-corrected chi connectivity index (χ4v) is 1.02. The number of aryl methyl sites for hydroxylation is 1. The third-order valence-electron chi connectivity index (χ3n) is 1.74. The van der Waals surface area contributed by atoms with Gasteiger partial charge in [-0.2, -0.15) is 0 Å². The van der Waals surface area contributed by atoms with Crippen LogP contribution in [0.15, 0.2) is 24.3 Å². The van der Waals surface area contributed by atoms with E-state index < -0.39 is 5.91 Å². The van der Waals surface area contributed by atoms with Crippen molar-refractivity contribution in [3.8, 4) is 5.75 Å². The number of phenolic OH excluding ortho intramolecular Hbond substituents is 1. The van der Waals surface area contributed by atoms with E-state index in [1.165, 1.54) is 12.2 Å². The van der Waals surface area contributed by atoms with Crippen molar-refractivity contribution in [3.05, 3.63) is 35.4 Å². The second kappa shape index (κ2) is 4.43. The first-order chi connectivity index (χ1) is 6.63. The van der Waals surface area contributed by atoms with Gasteiger partial charge in [0.15, 0.2) is 0 Å². The van der Waals surface area contributed by atoms with Crippen LogP contribution >= 0.6 is 0 Å². The predicted molar refractivity (Wildman–Crippen MR) is 54.2 cm³/mol. The number of nitrogens with two attached hydrogens (primary N) is 1. The molecule has 0 saturated carbocycles. The molecule has 0 radical (unpaired) electrons. The highest BCUT2D eigenvalue weighted by Crippen LogP contribution is 2.19. The number of rotatable bonds is 2. The van der Waals surface area contributed by atoms with Crippen molar-refractivity contribution >= 4 is 12.0 Å². The number of nitrogens with one attached hydrogen (secondary N) is 1. The van der Waals surface area contributed by atoms with E-state index in [-0.39, 0.29) is 5.75 Å². The smallest absolute Gasteiger partial charge is 0.257 e. The second-order valence-corrected chi connectivity index (χ2v) is 2.90. The molecule has 74 valence electrons. The van der Waals surface area contributed by atoms with Gasteiger partial charge in [-0.05, 0) is 25.1 Å². The quantitative estimate of drug-likeness (QED) is 0.279. The Bertz CT molecular complexity index is 372. The molecule has 14 heavy (non-hydrogen) atoms. The molecule has 1 aromatic carbocycles. The van der Waals surface area contributed by atoms with Crippen LogP contribution in [0.4, 0.5) is 0 Å². The molecule has 0 unspecified atom stereocenters. The molecule has 4 heteroatoms. The number of phenols is 1. The summed E-state index contributed by atoms with van der Waals surface area (Å²) in [5, 5.41) is 9.41. The molecule has 0 bridgehead atoms. The Morgan fingerprint density at radius 2 is 2.29 bits per heavy atom. The van der Waals surface area contributed by atoms with Gasteiger partial charge in [0.05, 0.1) is 0 Å². The normalized spacial score (nSPS) is 10.4. The molecule has 0 fully saturated rings. The summed E-state index contributed by atoms with van der Waals surface area (Å²) in [6.07, 6.45) is 2.76. The van der Waals surface area contributed by atoms with E-state index in [0.29, 0.717) is 5.56 Å². The number of amides is 1. The molecular weight excluding hydrogens is 180 g/mol. The van der Waals surface area contributed by atoms with Crippen molar-refractivity contribution in [2.45, 2.75) is 6.92 Å². The molecule has 1 amide bonds. The molecule has 4 nitrogen and oxygen atoms in total. The largest absolute Gasteiger partial charge is 0.507 e. The third-order valence-corrected chi connectivity index (χ3v) is 1.74. The first-order valence-electron chi connectivity index (χ1n) is 4.12. The molecule has 0 saturated heterocycles. The molecule has 0 aliphatic carbocycles. The maximum Gasteiger partial charge on any atom is 0.257 e. The van der Waals surface area contributed by atoms with Crippen molar-refractivity contribution in [3.63, 3.8) is 0 Å². The lowest BCUT2D eigenvalue weighted by Gasteiger charge is -1.99. The summed E-state index contributed by atoms with van der Waals surface area (Å²) in [5.74, 6) is 4.62. The van der Waals surface area contributed by atoms with Crippen LogP contribution in [0.2, 0.25) is 0 Å². The van der Waals surface area contributed by atoms with Crippen molar-refractivity contribution in [2.24, 2.45) is 5.84 Å². The fraction of sp³-hybridized carbons (Fsp3) is 0.100. The van der Waals surface area contributed by atoms with E-state index >= 15 is 0 Å². The number of aromatic hydroxyl groups is 1. The van der Waals surface area contributed by atoms with Gasteiger partial charge in [0.1, 0.15) is 5.75 Å². The summed E-state index contributed by atoms with van der Waals surface area (Å²) < 4.78 is 0. The summed E-state index contributed by atoms with van der Waals surface area (Å²) in [4.78, 5) is 10.8. The average molecular weight is 192 g/mol.